The lowest BCUT2D eigenvalue weighted by Gasteiger charge is -2.05. The minimum absolute atomic E-state index is 0.145. The summed E-state index contributed by atoms with van der Waals surface area (Å²) in [5.41, 5.74) is -0.389. The Labute approximate surface area is 109 Å². The van der Waals surface area contributed by atoms with E-state index in [1.54, 1.807) is 0 Å². The van der Waals surface area contributed by atoms with Crippen molar-refractivity contribution in [2.24, 2.45) is 0 Å². The first kappa shape index (κ1) is 12.6. The van der Waals surface area contributed by atoms with Crippen molar-refractivity contribution >= 4 is 27.7 Å². The second-order valence-electron chi connectivity index (χ2n) is 3.30. The minimum atomic E-state index is -0.807. The Bertz CT molecular complexity index is 589. The summed E-state index contributed by atoms with van der Waals surface area (Å²) in [5.74, 6) is -2.14. The van der Waals surface area contributed by atoms with Gasteiger partial charge in [0.05, 0.1) is 18.0 Å². The molecule has 0 fully saturated rings. The average Bonchev–Trinajstić information content (AvgIpc) is 2.35. The molecule has 0 aliphatic rings. The van der Waals surface area contributed by atoms with Crippen LogP contribution in [-0.2, 0) is 0 Å². The van der Waals surface area contributed by atoms with Gasteiger partial charge >= 0.3 is 0 Å². The molecule has 1 aromatic heterocycles. The summed E-state index contributed by atoms with van der Waals surface area (Å²) in [6.07, 6.45) is 2.66. The van der Waals surface area contributed by atoms with E-state index in [1.807, 2.05) is 0 Å². The van der Waals surface area contributed by atoms with Gasteiger partial charge in [0.2, 0.25) is 0 Å². The molecule has 0 spiro atoms. The lowest BCUT2D eigenvalue weighted by Crippen LogP contribution is -2.15. The van der Waals surface area contributed by atoms with E-state index >= 15 is 0 Å². The number of anilines is 1. The van der Waals surface area contributed by atoms with Gasteiger partial charge in [-0.25, -0.2) is 18.7 Å². The van der Waals surface area contributed by atoms with Crippen LogP contribution in [-0.4, -0.2) is 15.9 Å². The van der Waals surface area contributed by atoms with Crippen molar-refractivity contribution in [1.82, 2.24) is 9.97 Å². The average molecular weight is 314 g/mol. The molecule has 1 N–H and O–H groups in total. The molecule has 92 valence electrons. The lowest BCUT2D eigenvalue weighted by molar-refractivity contribution is 0.102. The van der Waals surface area contributed by atoms with Gasteiger partial charge in [-0.05, 0) is 34.1 Å². The highest BCUT2D eigenvalue weighted by atomic mass is 79.9. The maximum Gasteiger partial charge on any atom is 0.259 e. The minimum Gasteiger partial charge on any atom is -0.305 e. The molecule has 1 heterocycles. The Kier molecular flexibility index (Phi) is 3.61. The third kappa shape index (κ3) is 2.86. The number of aromatic nitrogens is 2. The first-order chi connectivity index (χ1) is 8.56. The Morgan fingerprint density at radius 2 is 2.00 bits per heavy atom. The van der Waals surface area contributed by atoms with E-state index in [2.05, 4.69) is 31.2 Å². The Morgan fingerprint density at radius 3 is 2.67 bits per heavy atom. The van der Waals surface area contributed by atoms with Crippen LogP contribution in [0.25, 0.3) is 0 Å². The summed E-state index contributed by atoms with van der Waals surface area (Å²) in [5, 5.41) is 2.31. The molecule has 18 heavy (non-hydrogen) atoms. The smallest absolute Gasteiger partial charge is 0.259 e. The van der Waals surface area contributed by atoms with Crippen molar-refractivity contribution in [1.29, 1.82) is 0 Å². The molecule has 0 aliphatic heterocycles. The van der Waals surface area contributed by atoms with Crippen molar-refractivity contribution in [3.8, 4) is 0 Å². The fourth-order valence-electron chi connectivity index (χ4n) is 1.23. The second kappa shape index (κ2) is 5.18. The lowest BCUT2D eigenvalue weighted by atomic mass is 10.2. The van der Waals surface area contributed by atoms with Gasteiger partial charge in [0.25, 0.3) is 5.91 Å². The highest BCUT2D eigenvalue weighted by Crippen LogP contribution is 2.12. The Balaban J connectivity index is 2.21. The number of carbonyl (C=O) groups is 1. The zero-order chi connectivity index (χ0) is 13.1. The van der Waals surface area contributed by atoms with Crippen molar-refractivity contribution in [2.75, 3.05) is 5.32 Å². The number of carbonyl (C=O) groups excluding carboxylic acids is 1. The molecule has 2 rings (SSSR count). The highest BCUT2D eigenvalue weighted by Gasteiger charge is 2.13. The number of amides is 1. The largest absolute Gasteiger partial charge is 0.305 e. The number of nitrogens with zero attached hydrogens (tertiary/aromatic N) is 2. The van der Waals surface area contributed by atoms with Crippen LogP contribution in [0, 0.1) is 11.6 Å². The van der Waals surface area contributed by atoms with E-state index in [0.29, 0.717) is 4.60 Å². The number of benzene rings is 1. The first-order valence-electron chi connectivity index (χ1n) is 4.80. The zero-order valence-electron chi connectivity index (χ0n) is 8.82. The summed E-state index contributed by atoms with van der Waals surface area (Å²) in [4.78, 5) is 19.4. The fraction of sp³-hybridized carbons (Fsp3) is 0. The van der Waals surface area contributed by atoms with Gasteiger partial charge in [0.15, 0.2) is 5.82 Å². The van der Waals surface area contributed by atoms with Gasteiger partial charge in [-0.3, -0.25) is 4.79 Å². The van der Waals surface area contributed by atoms with Crippen molar-refractivity contribution in [2.45, 2.75) is 0 Å². The molecule has 0 aliphatic carbocycles. The SMILES string of the molecule is O=C(Nc1cnc(Br)cn1)c1cc(F)ccc1F. The van der Waals surface area contributed by atoms with Crippen LogP contribution in [0.4, 0.5) is 14.6 Å². The molecule has 0 radical (unpaired) electrons. The molecule has 0 atom stereocenters. The van der Waals surface area contributed by atoms with Crippen LogP contribution in [0.3, 0.4) is 0 Å². The predicted molar refractivity (Wildman–Crippen MR) is 64.0 cm³/mol. The number of halogens is 3. The number of nitrogens with one attached hydrogen (secondary N) is 1. The van der Waals surface area contributed by atoms with Crippen molar-refractivity contribution in [3.05, 3.63) is 52.4 Å². The van der Waals surface area contributed by atoms with Gasteiger partial charge in [-0.2, -0.15) is 0 Å². The van der Waals surface area contributed by atoms with E-state index in [9.17, 15) is 13.6 Å². The van der Waals surface area contributed by atoms with Gasteiger partial charge in [0, 0.05) is 0 Å². The quantitative estimate of drug-likeness (QED) is 0.927. The standard InChI is InChI=1S/C11H6BrF2N3O/c12-9-4-16-10(5-15-9)17-11(18)7-3-6(13)1-2-8(7)14/h1-5H,(H,16,17,18). The topological polar surface area (TPSA) is 54.9 Å². The van der Waals surface area contributed by atoms with E-state index in [0.717, 1.165) is 18.2 Å². The van der Waals surface area contributed by atoms with E-state index in [-0.39, 0.29) is 11.4 Å². The molecule has 1 aromatic carbocycles. The van der Waals surface area contributed by atoms with Crippen LogP contribution in [0.1, 0.15) is 10.4 Å². The van der Waals surface area contributed by atoms with Crippen LogP contribution in [0.2, 0.25) is 0 Å². The summed E-state index contributed by atoms with van der Waals surface area (Å²) < 4.78 is 26.7. The molecule has 0 saturated heterocycles. The molecular weight excluding hydrogens is 308 g/mol. The highest BCUT2D eigenvalue weighted by molar-refractivity contribution is 9.10. The number of hydrogen-bond acceptors (Lipinski definition) is 3. The molecule has 1 amide bonds. The molecule has 0 unspecified atom stereocenters. The zero-order valence-corrected chi connectivity index (χ0v) is 10.4. The maximum absolute atomic E-state index is 13.3. The van der Waals surface area contributed by atoms with Crippen LogP contribution in [0.15, 0.2) is 35.2 Å². The second-order valence-corrected chi connectivity index (χ2v) is 4.12. The number of rotatable bonds is 2. The summed E-state index contributed by atoms with van der Waals surface area (Å²) in [6, 6.07) is 2.64. The summed E-state index contributed by atoms with van der Waals surface area (Å²) in [6.45, 7) is 0. The molecule has 0 bridgehead atoms. The summed E-state index contributed by atoms with van der Waals surface area (Å²) >= 11 is 3.08. The van der Waals surface area contributed by atoms with E-state index in [4.69, 9.17) is 0 Å². The van der Waals surface area contributed by atoms with Crippen LogP contribution < -0.4 is 5.32 Å². The monoisotopic (exact) mass is 313 g/mol. The van der Waals surface area contributed by atoms with Gasteiger partial charge < -0.3 is 5.32 Å². The van der Waals surface area contributed by atoms with Crippen LogP contribution in [0.5, 0.6) is 0 Å². The molecule has 4 nitrogen and oxygen atoms in total. The van der Waals surface area contributed by atoms with Gasteiger partial charge in [-0.1, -0.05) is 0 Å². The normalized spacial score (nSPS) is 10.2. The summed E-state index contributed by atoms with van der Waals surface area (Å²) in [7, 11) is 0. The Morgan fingerprint density at radius 1 is 1.22 bits per heavy atom. The van der Waals surface area contributed by atoms with Crippen molar-refractivity contribution < 1.29 is 13.6 Å². The number of hydrogen-bond donors (Lipinski definition) is 1. The molecule has 2 aromatic rings. The van der Waals surface area contributed by atoms with Crippen molar-refractivity contribution in [3.63, 3.8) is 0 Å². The maximum atomic E-state index is 13.3. The van der Waals surface area contributed by atoms with E-state index < -0.39 is 17.5 Å². The Hall–Kier alpha value is -1.89. The molecule has 7 heteroatoms. The predicted octanol–water partition coefficient (Wildman–Crippen LogP) is 2.77. The third-order valence-electron chi connectivity index (χ3n) is 2.03. The van der Waals surface area contributed by atoms with Crippen LogP contribution >= 0.6 is 15.9 Å². The van der Waals surface area contributed by atoms with E-state index in [1.165, 1.54) is 12.4 Å². The van der Waals surface area contributed by atoms with Gasteiger partial charge in [-0.15, -0.1) is 0 Å². The fourth-order valence-corrected chi connectivity index (χ4v) is 1.44. The molecule has 0 saturated carbocycles. The molecular formula is C11H6BrF2N3O. The van der Waals surface area contributed by atoms with Gasteiger partial charge in [0.1, 0.15) is 16.2 Å². The first-order valence-corrected chi connectivity index (χ1v) is 5.59. The third-order valence-corrected chi connectivity index (χ3v) is 2.44.